The SMILES string of the molecule is O=C(NCCCCCCl)C1CCCCC1C(F)(F)F. The van der Waals surface area contributed by atoms with Crippen molar-refractivity contribution in [2.75, 3.05) is 12.4 Å². The van der Waals surface area contributed by atoms with Gasteiger partial charge in [-0.25, -0.2) is 0 Å². The molecule has 1 amide bonds. The summed E-state index contributed by atoms with van der Waals surface area (Å²) >= 11 is 5.52. The van der Waals surface area contributed by atoms with Gasteiger partial charge in [0.2, 0.25) is 5.91 Å². The van der Waals surface area contributed by atoms with Crippen molar-refractivity contribution in [2.45, 2.75) is 51.1 Å². The van der Waals surface area contributed by atoms with Crippen LogP contribution >= 0.6 is 11.6 Å². The number of hydrogen-bond acceptors (Lipinski definition) is 1. The quantitative estimate of drug-likeness (QED) is 0.585. The van der Waals surface area contributed by atoms with Gasteiger partial charge in [0.05, 0.1) is 5.92 Å². The number of alkyl halides is 4. The number of rotatable bonds is 6. The van der Waals surface area contributed by atoms with Crippen LogP contribution < -0.4 is 5.32 Å². The molecule has 0 aromatic heterocycles. The predicted octanol–water partition coefficient (Wildman–Crippen LogP) is 3.88. The maximum Gasteiger partial charge on any atom is 0.392 e. The second-order valence-corrected chi connectivity index (χ2v) is 5.46. The zero-order valence-electron chi connectivity index (χ0n) is 10.9. The van der Waals surface area contributed by atoms with Crippen LogP contribution in [0.3, 0.4) is 0 Å². The number of halogens is 4. The molecule has 0 aromatic carbocycles. The standard InChI is InChI=1S/C13H21ClF3NO/c14-8-4-1-5-9-18-12(19)10-6-2-3-7-11(10)13(15,16)17/h10-11H,1-9H2,(H,18,19). The van der Waals surface area contributed by atoms with Gasteiger partial charge in [0.25, 0.3) is 0 Å². The minimum absolute atomic E-state index is 0.0772. The largest absolute Gasteiger partial charge is 0.392 e. The predicted molar refractivity (Wildman–Crippen MR) is 69.1 cm³/mol. The molecule has 0 radical (unpaired) electrons. The Bertz CT molecular complexity index is 284. The molecule has 0 saturated heterocycles. The fourth-order valence-corrected chi connectivity index (χ4v) is 2.76. The van der Waals surface area contributed by atoms with E-state index in [4.69, 9.17) is 11.6 Å². The lowest BCUT2D eigenvalue weighted by Crippen LogP contribution is -2.42. The van der Waals surface area contributed by atoms with E-state index in [-0.39, 0.29) is 6.42 Å². The molecule has 1 aliphatic rings. The first-order chi connectivity index (χ1) is 8.96. The van der Waals surface area contributed by atoms with Gasteiger partial charge in [-0.15, -0.1) is 11.6 Å². The van der Waals surface area contributed by atoms with Crippen LogP contribution in [0.2, 0.25) is 0 Å². The molecule has 0 spiro atoms. The Morgan fingerprint density at radius 3 is 2.47 bits per heavy atom. The summed E-state index contributed by atoms with van der Waals surface area (Å²) in [5.74, 6) is -2.23. The van der Waals surface area contributed by atoms with Gasteiger partial charge in [-0.05, 0) is 25.7 Å². The van der Waals surface area contributed by atoms with Gasteiger partial charge in [-0.3, -0.25) is 4.79 Å². The van der Waals surface area contributed by atoms with Gasteiger partial charge in [-0.1, -0.05) is 19.3 Å². The second kappa shape index (κ2) is 7.98. The van der Waals surface area contributed by atoms with Gasteiger partial charge in [0, 0.05) is 18.3 Å². The second-order valence-electron chi connectivity index (χ2n) is 5.08. The molecule has 1 aliphatic carbocycles. The van der Waals surface area contributed by atoms with Crippen molar-refractivity contribution in [2.24, 2.45) is 11.8 Å². The normalized spacial score (nSPS) is 24.2. The van der Waals surface area contributed by atoms with E-state index in [0.717, 1.165) is 19.3 Å². The Labute approximate surface area is 117 Å². The van der Waals surface area contributed by atoms with Crippen molar-refractivity contribution in [1.82, 2.24) is 5.32 Å². The highest BCUT2D eigenvalue weighted by Gasteiger charge is 2.47. The van der Waals surface area contributed by atoms with Gasteiger partial charge >= 0.3 is 6.18 Å². The molecule has 1 fully saturated rings. The van der Waals surface area contributed by atoms with Crippen LogP contribution in [0.15, 0.2) is 0 Å². The van der Waals surface area contributed by atoms with E-state index in [1.54, 1.807) is 0 Å². The Balaban J connectivity index is 2.40. The summed E-state index contributed by atoms with van der Waals surface area (Å²) in [4.78, 5) is 11.9. The monoisotopic (exact) mass is 299 g/mol. The van der Waals surface area contributed by atoms with Crippen molar-refractivity contribution in [3.63, 3.8) is 0 Å². The maximum atomic E-state index is 12.8. The van der Waals surface area contributed by atoms with Crippen LogP contribution in [0.1, 0.15) is 44.9 Å². The first-order valence-electron chi connectivity index (χ1n) is 6.87. The number of unbranched alkanes of at least 4 members (excludes halogenated alkanes) is 2. The summed E-state index contributed by atoms with van der Waals surface area (Å²) in [7, 11) is 0. The lowest BCUT2D eigenvalue weighted by Gasteiger charge is -2.32. The van der Waals surface area contributed by atoms with Gasteiger partial charge in [0.15, 0.2) is 0 Å². The molecule has 0 bridgehead atoms. The number of carbonyl (C=O) groups excluding carboxylic acids is 1. The highest BCUT2D eigenvalue weighted by atomic mass is 35.5. The number of carbonyl (C=O) groups is 1. The van der Waals surface area contributed by atoms with Crippen molar-refractivity contribution < 1.29 is 18.0 Å². The van der Waals surface area contributed by atoms with Crippen LogP contribution in [0.5, 0.6) is 0 Å². The minimum Gasteiger partial charge on any atom is -0.356 e. The molecule has 0 heterocycles. The lowest BCUT2D eigenvalue weighted by atomic mass is 9.78. The van der Waals surface area contributed by atoms with E-state index < -0.39 is 23.9 Å². The first-order valence-corrected chi connectivity index (χ1v) is 7.40. The topological polar surface area (TPSA) is 29.1 Å². The Morgan fingerprint density at radius 2 is 1.84 bits per heavy atom. The van der Waals surface area contributed by atoms with Gasteiger partial charge in [0.1, 0.15) is 0 Å². The van der Waals surface area contributed by atoms with Crippen molar-refractivity contribution in [1.29, 1.82) is 0 Å². The zero-order chi connectivity index (χ0) is 14.3. The van der Waals surface area contributed by atoms with E-state index in [1.807, 2.05) is 0 Å². The van der Waals surface area contributed by atoms with Crippen LogP contribution in [0.4, 0.5) is 13.2 Å². The fraction of sp³-hybridized carbons (Fsp3) is 0.923. The smallest absolute Gasteiger partial charge is 0.356 e. The summed E-state index contributed by atoms with van der Waals surface area (Å²) in [5.41, 5.74) is 0. The van der Waals surface area contributed by atoms with Gasteiger partial charge in [-0.2, -0.15) is 13.2 Å². The van der Waals surface area contributed by atoms with Gasteiger partial charge < -0.3 is 5.32 Å². The van der Waals surface area contributed by atoms with Crippen molar-refractivity contribution >= 4 is 17.5 Å². The summed E-state index contributed by atoms with van der Waals surface area (Å²) in [6, 6.07) is 0. The number of hydrogen-bond donors (Lipinski definition) is 1. The summed E-state index contributed by atoms with van der Waals surface area (Å²) in [5, 5.41) is 2.63. The highest BCUT2D eigenvalue weighted by Crippen LogP contribution is 2.41. The Hall–Kier alpha value is -0.450. The molecule has 2 unspecified atom stereocenters. The third-order valence-electron chi connectivity index (χ3n) is 3.63. The van der Waals surface area contributed by atoms with E-state index in [2.05, 4.69) is 5.32 Å². The molecule has 1 N–H and O–H groups in total. The van der Waals surface area contributed by atoms with E-state index in [9.17, 15) is 18.0 Å². The summed E-state index contributed by atoms with van der Waals surface area (Å²) in [6.07, 6.45) is -0.0573. The van der Waals surface area contributed by atoms with E-state index in [1.165, 1.54) is 0 Å². The average Bonchev–Trinajstić information content (AvgIpc) is 2.37. The minimum atomic E-state index is -4.26. The maximum absolute atomic E-state index is 12.8. The third kappa shape index (κ3) is 5.59. The number of amides is 1. The molecule has 0 aromatic rings. The molecule has 2 nitrogen and oxygen atoms in total. The van der Waals surface area contributed by atoms with Crippen molar-refractivity contribution in [3.8, 4) is 0 Å². The molecule has 6 heteroatoms. The van der Waals surface area contributed by atoms with E-state index in [0.29, 0.717) is 31.7 Å². The average molecular weight is 300 g/mol. The number of nitrogens with one attached hydrogen (secondary N) is 1. The van der Waals surface area contributed by atoms with Crippen LogP contribution in [-0.4, -0.2) is 24.5 Å². The Morgan fingerprint density at radius 1 is 1.16 bits per heavy atom. The summed E-state index contributed by atoms with van der Waals surface area (Å²) < 4.78 is 38.5. The fourth-order valence-electron chi connectivity index (χ4n) is 2.58. The molecule has 19 heavy (non-hydrogen) atoms. The highest BCUT2D eigenvalue weighted by molar-refractivity contribution is 6.17. The van der Waals surface area contributed by atoms with Crippen molar-refractivity contribution in [3.05, 3.63) is 0 Å². The van der Waals surface area contributed by atoms with E-state index >= 15 is 0 Å². The van der Waals surface area contributed by atoms with Crippen LogP contribution in [0, 0.1) is 11.8 Å². The molecule has 1 rings (SSSR count). The van der Waals surface area contributed by atoms with Crippen LogP contribution in [-0.2, 0) is 4.79 Å². The van der Waals surface area contributed by atoms with Crippen LogP contribution in [0.25, 0.3) is 0 Å². The molecule has 2 atom stereocenters. The molecular weight excluding hydrogens is 279 g/mol. The molecule has 112 valence electrons. The zero-order valence-corrected chi connectivity index (χ0v) is 11.7. The Kier molecular flexibility index (Phi) is 6.97. The molecule has 0 aliphatic heterocycles. The first kappa shape index (κ1) is 16.6. The summed E-state index contributed by atoms with van der Waals surface area (Å²) in [6.45, 7) is 0.441. The molecular formula is C13H21ClF3NO. The molecule has 1 saturated carbocycles. The lowest BCUT2D eigenvalue weighted by molar-refractivity contribution is -0.198. The third-order valence-corrected chi connectivity index (χ3v) is 3.90.